The van der Waals surface area contributed by atoms with Gasteiger partial charge >= 0.3 is 5.69 Å². The topological polar surface area (TPSA) is 81.5 Å². The molecule has 1 aliphatic carbocycles. The molecule has 1 aromatic carbocycles. The Balaban J connectivity index is 2.14. The number of nitrogens with zero attached hydrogens (tertiary/aromatic N) is 1. The Labute approximate surface area is 131 Å². The number of nitro groups is 1. The molecule has 0 radical (unpaired) electrons. The zero-order chi connectivity index (χ0) is 15.4. The molecular formula is C14H17BrN2O4. The molecule has 2 rings (SSSR count). The first kappa shape index (κ1) is 15.8. The number of para-hydroxylation sites is 1. The van der Waals surface area contributed by atoms with Crippen molar-refractivity contribution in [2.24, 2.45) is 5.92 Å². The van der Waals surface area contributed by atoms with Gasteiger partial charge in [-0.15, -0.1) is 0 Å². The number of ether oxygens (including phenoxy) is 1. The van der Waals surface area contributed by atoms with Gasteiger partial charge in [-0.3, -0.25) is 14.9 Å². The van der Waals surface area contributed by atoms with E-state index in [-0.39, 0.29) is 34.3 Å². The third-order valence-corrected chi connectivity index (χ3v) is 4.39. The van der Waals surface area contributed by atoms with E-state index in [0.29, 0.717) is 12.5 Å². The molecule has 1 fully saturated rings. The van der Waals surface area contributed by atoms with Crippen LogP contribution in [0, 0.1) is 16.0 Å². The number of hydrogen-bond donors (Lipinski definition) is 1. The fraction of sp³-hybridized carbons (Fsp3) is 0.500. The molecule has 0 bridgehead atoms. The molecule has 0 saturated heterocycles. The van der Waals surface area contributed by atoms with Gasteiger partial charge in [-0.2, -0.15) is 0 Å². The minimum absolute atomic E-state index is 0.0278. The summed E-state index contributed by atoms with van der Waals surface area (Å²) in [7, 11) is 0. The SMILES string of the molecule is CCOc1c(C(=O)NCC(Br)C2CC2)cccc1[N+](=O)[O-]. The summed E-state index contributed by atoms with van der Waals surface area (Å²) in [6, 6.07) is 4.36. The van der Waals surface area contributed by atoms with Gasteiger partial charge in [0.05, 0.1) is 17.1 Å². The second-order valence-electron chi connectivity index (χ2n) is 4.91. The highest BCUT2D eigenvalue weighted by atomic mass is 79.9. The van der Waals surface area contributed by atoms with Crippen LogP contribution in [0.4, 0.5) is 5.69 Å². The zero-order valence-corrected chi connectivity index (χ0v) is 13.3. The largest absolute Gasteiger partial charge is 0.487 e. The van der Waals surface area contributed by atoms with Crippen molar-refractivity contribution in [2.45, 2.75) is 24.6 Å². The summed E-state index contributed by atoms with van der Waals surface area (Å²) >= 11 is 3.54. The number of alkyl halides is 1. The molecule has 1 aliphatic rings. The molecule has 1 amide bonds. The summed E-state index contributed by atoms with van der Waals surface area (Å²) < 4.78 is 5.30. The van der Waals surface area contributed by atoms with Crippen LogP contribution in [-0.4, -0.2) is 28.8 Å². The van der Waals surface area contributed by atoms with Crippen molar-refractivity contribution in [3.63, 3.8) is 0 Å². The summed E-state index contributed by atoms with van der Waals surface area (Å²) in [5.41, 5.74) is 0.00336. The van der Waals surface area contributed by atoms with E-state index < -0.39 is 4.92 Å². The number of nitro benzene ring substituents is 1. The summed E-state index contributed by atoms with van der Waals surface area (Å²) in [5.74, 6) is 0.286. The van der Waals surface area contributed by atoms with Crippen molar-refractivity contribution in [3.05, 3.63) is 33.9 Å². The normalized spacial score (nSPS) is 15.3. The van der Waals surface area contributed by atoms with E-state index >= 15 is 0 Å². The van der Waals surface area contributed by atoms with Gasteiger partial charge in [0.25, 0.3) is 5.91 Å². The number of rotatable bonds is 7. The summed E-state index contributed by atoms with van der Waals surface area (Å²) in [4.78, 5) is 23.0. The molecule has 21 heavy (non-hydrogen) atoms. The van der Waals surface area contributed by atoms with Crippen molar-refractivity contribution < 1.29 is 14.5 Å². The van der Waals surface area contributed by atoms with Crippen LogP contribution in [0.3, 0.4) is 0 Å². The number of halogens is 1. The summed E-state index contributed by atoms with van der Waals surface area (Å²) in [5, 5.41) is 13.8. The molecule has 1 atom stereocenters. The van der Waals surface area contributed by atoms with Crippen LogP contribution in [0.15, 0.2) is 18.2 Å². The van der Waals surface area contributed by atoms with E-state index in [1.807, 2.05) is 0 Å². The first-order valence-corrected chi connectivity index (χ1v) is 7.78. The van der Waals surface area contributed by atoms with Crippen LogP contribution < -0.4 is 10.1 Å². The third kappa shape index (κ3) is 3.93. The lowest BCUT2D eigenvalue weighted by molar-refractivity contribution is -0.385. The fourth-order valence-corrected chi connectivity index (χ4v) is 2.74. The van der Waals surface area contributed by atoms with Crippen LogP contribution in [-0.2, 0) is 0 Å². The van der Waals surface area contributed by atoms with E-state index in [9.17, 15) is 14.9 Å². The standard InChI is InChI=1S/C14H17BrN2O4/c1-2-21-13-10(4-3-5-12(13)17(19)20)14(18)16-8-11(15)9-6-7-9/h3-5,9,11H,2,6-8H2,1H3,(H,16,18). The third-order valence-electron chi connectivity index (χ3n) is 3.32. The predicted molar refractivity (Wildman–Crippen MR) is 82.0 cm³/mol. The maximum atomic E-state index is 12.2. The molecule has 0 aromatic heterocycles. The molecular weight excluding hydrogens is 340 g/mol. The summed E-state index contributed by atoms with van der Waals surface area (Å²) in [6.07, 6.45) is 2.35. The fourth-order valence-electron chi connectivity index (χ4n) is 2.05. The average molecular weight is 357 g/mol. The van der Waals surface area contributed by atoms with Gasteiger partial charge in [-0.25, -0.2) is 0 Å². The van der Waals surface area contributed by atoms with Crippen molar-refractivity contribution in [3.8, 4) is 5.75 Å². The lowest BCUT2D eigenvalue weighted by Crippen LogP contribution is -2.30. The van der Waals surface area contributed by atoms with E-state index in [1.54, 1.807) is 6.92 Å². The Morgan fingerprint density at radius 1 is 1.57 bits per heavy atom. The Morgan fingerprint density at radius 3 is 2.86 bits per heavy atom. The predicted octanol–water partition coefficient (Wildman–Crippen LogP) is 2.90. The van der Waals surface area contributed by atoms with Gasteiger partial charge in [-0.1, -0.05) is 22.0 Å². The van der Waals surface area contributed by atoms with Gasteiger partial charge in [0, 0.05) is 17.4 Å². The van der Waals surface area contributed by atoms with Crippen molar-refractivity contribution in [1.82, 2.24) is 5.32 Å². The van der Waals surface area contributed by atoms with E-state index in [4.69, 9.17) is 4.74 Å². The van der Waals surface area contributed by atoms with Gasteiger partial charge in [0.1, 0.15) is 0 Å². The van der Waals surface area contributed by atoms with Crippen molar-refractivity contribution >= 4 is 27.5 Å². The Morgan fingerprint density at radius 2 is 2.29 bits per heavy atom. The summed E-state index contributed by atoms with van der Waals surface area (Å²) in [6.45, 7) is 2.48. The quantitative estimate of drug-likeness (QED) is 0.462. The molecule has 1 unspecified atom stereocenters. The molecule has 1 aromatic rings. The number of amides is 1. The van der Waals surface area contributed by atoms with Crippen LogP contribution in [0.1, 0.15) is 30.1 Å². The second kappa shape index (κ2) is 6.89. The molecule has 0 heterocycles. The van der Waals surface area contributed by atoms with E-state index in [1.165, 1.54) is 31.0 Å². The Kier molecular flexibility index (Phi) is 5.17. The highest BCUT2D eigenvalue weighted by Crippen LogP contribution is 2.36. The molecule has 7 heteroatoms. The number of benzene rings is 1. The van der Waals surface area contributed by atoms with Crippen LogP contribution in [0.2, 0.25) is 0 Å². The van der Waals surface area contributed by atoms with Gasteiger partial charge in [0.15, 0.2) is 0 Å². The van der Waals surface area contributed by atoms with Crippen LogP contribution >= 0.6 is 15.9 Å². The zero-order valence-electron chi connectivity index (χ0n) is 11.7. The van der Waals surface area contributed by atoms with Gasteiger partial charge in [0.2, 0.25) is 5.75 Å². The number of carbonyl (C=O) groups excluding carboxylic acids is 1. The van der Waals surface area contributed by atoms with E-state index in [2.05, 4.69) is 21.2 Å². The lowest BCUT2D eigenvalue weighted by atomic mass is 10.1. The highest BCUT2D eigenvalue weighted by Gasteiger charge is 2.30. The smallest absolute Gasteiger partial charge is 0.311 e. The molecule has 114 valence electrons. The van der Waals surface area contributed by atoms with Crippen molar-refractivity contribution in [1.29, 1.82) is 0 Å². The maximum Gasteiger partial charge on any atom is 0.311 e. The van der Waals surface area contributed by atoms with E-state index in [0.717, 1.165) is 0 Å². The lowest BCUT2D eigenvalue weighted by Gasteiger charge is -2.13. The number of hydrogen-bond acceptors (Lipinski definition) is 4. The molecule has 1 saturated carbocycles. The minimum Gasteiger partial charge on any atom is -0.487 e. The van der Waals surface area contributed by atoms with Gasteiger partial charge in [-0.05, 0) is 31.7 Å². The first-order chi connectivity index (χ1) is 10.0. The highest BCUT2D eigenvalue weighted by molar-refractivity contribution is 9.09. The maximum absolute atomic E-state index is 12.2. The molecule has 0 aliphatic heterocycles. The molecule has 0 spiro atoms. The van der Waals surface area contributed by atoms with Crippen LogP contribution in [0.5, 0.6) is 5.75 Å². The van der Waals surface area contributed by atoms with Gasteiger partial charge < -0.3 is 10.1 Å². The van der Waals surface area contributed by atoms with Crippen molar-refractivity contribution in [2.75, 3.05) is 13.2 Å². The average Bonchev–Trinajstić information content (AvgIpc) is 3.29. The molecule has 6 nitrogen and oxygen atoms in total. The Hall–Kier alpha value is -1.63. The number of carbonyl (C=O) groups is 1. The number of nitrogens with one attached hydrogen (secondary N) is 1. The Bertz CT molecular complexity index is 546. The monoisotopic (exact) mass is 356 g/mol. The first-order valence-electron chi connectivity index (χ1n) is 6.87. The second-order valence-corrected chi connectivity index (χ2v) is 6.08. The van der Waals surface area contributed by atoms with Crippen LogP contribution in [0.25, 0.3) is 0 Å². The minimum atomic E-state index is -0.542. The molecule has 1 N–H and O–H groups in total.